The van der Waals surface area contributed by atoms with Crippen molar-refractivity contribution in [2.75, 3.05) is 18.9 Å². The maximum Gasteiger partial charge on any atom is 0.248 e. The summed E-state index contributed by atoms with van der Waals surface area (Å²) in [5.41, 5.74) is 1.11. The molecule has 0 aliphatic carbocycles. The molecule has 1 amide bonds. The molecule has 0 fully saturated rings. The van der Waals surface area contributed by atoms with Crippen LogP contribution < -0.4 is 10.6 Å². The van der Waals surface area contributed by atoms with Gasteiger partial charge in [-0.15, -0.1) is 17.5 Å². The zero-order valence-corrected chi connectivity index (χ0v) is 14.8. The largest absolute Gasteiger partial charge is 0.319 e. The number of carbonyl (C=O) groups is 1. The Morgan fingerprint density at radius 3 is 2.91 bits per heavy atom. The molecular formula is C14H19BrClN5O. The number of hydrogen-bond donors (Lipinski definition) is 2. The quantitative estimate of drug-likeness (QED) is 0.796. The van der Waals surface area contributed by atoms with Crippen LogP contribution in [0.1, 0.15) is 12.5 Å². The van der Waals surface area contributed by atoms with Crippen molar-refractivity contribution in [2.45, 2.75) is 13.5 Å². The minimum absolute atomic E-state index is 0. The number of aromatic nitrogens is 3. The highest BCUT2D eigenvalue weighted by Crippen LogP contribution is 2.12. The van der Waals surface area contributed by atoms with E-state index in [4.69, 9.17) is 0 Å². The highest BCUT2D eigenvalue weighted by Gasteiger charge is 2.13. The van der Waals surface area contributed by atoms with Crippen molar-refractivity contribution < 1.29 is 4.79 Å². The number of benzene rings is 1. The molecular weight excluding hydrogens is 370 g/mol. The maximum absolute atomic E-state index is 11.9. The number of carbonyl (C=O) groups excluding carboxylic acids is 1. The van der Waals surface area contributed by atoms with E-state index in [9.17, 15) is 4.79 Å². The van der Waals surface area contributed by atoms with E-state index >= 15 is 0 Å². The normalized spacial score (nSPS) is 11.6. The van der Waals surface area contributed by atoms with Crippen LogP contribution in [0, 0.1) is 5.92 Å². The summed E-state index contributed by atoms with van der Waals surface area (Å²) in [5.74, 6) is 0.106. The smallest absolute Gasteiger partial charge is 0.248 e. The van der Waals surface area contributed by atoms with E-state index in [1.165, 1.54) is 0 Å². The van der Waals surface area contributed by atoms with Crippen LogP contribution in [0.4, 0.5) is 5.95 Å². The van der Waals surface area contributed by atoms with Crippen molar-refractivity contribution in [2.24, 2.45) is 5.92 Å². The van der Waals surface area contributed by atoms with Crippen LogP contribution in [0.3, 0.4) is 0 Å². The molecule has 22 heavy (non-hydrogen) atoms. The summed E-state index contributed by atoms with van der Waals surface area (Å²) in [4.78, 5) is 16.0. The van der Waals surface area contributed by atoms with Crippen LogP contribution in [-0.4, -0.2) is 34.3 Å². The van der Waals surface area contributed by atoms with Gasteiger partial charge in [0.05, 0.1) is 6.54 Å². The summed E-state index contributed by atoms with van der Waals surface area (Å²) in [7, 11) is 1.81. The van der Waals surface area contributed by atoms with Gasteiger partial charge in [-0.1, -0.05) is 35.0 Å². The van der Waals surface area contributed by atoms with Crippen LogP contribution in [-0.2, 0) is 11.3 Å². The molecule has 0 aliphatic rings. The van der Waals surface area contributed by atoms with Crippen LogP contribution in [0.2, 0.25) is 0 Å². The molecule has 6 nitrogen and oxygen atoms in total. The number of amides is 1. The minimum atomic E-state index is -0.132. The van der Waals surface area contributed by atoms with Crippen molar-refractivity contribution in [3.05, 3.63) is 40.6 Å². The lowest BCUT2D eigenvalue weighted by Crippen LogP contribution is -2.29. The number of halogens is 2. The van der Waals surface area contributed by atoms with Crippen LogP contribution in [0.25, 0.3) is 0 Å². The molecule has 2 N–H and O–H groups in total. The average molecular weight is 389 g/mol. The first kappa shape index (κ1) is 18.6. The lowest BCUT2D eigenvalue weighted by Gasteiger charge is -2.08. The fourth-order valence-electron chi connectivity index (χ4n) is 1.88. The molecule has 0 bridgehead atoms. The van der Waals surface area contributed by atoms with Gasteiger partial charge in [0.25, 0.3) is 0 Å². The van der Waals surface area contributed by atoms with E-state index in [0.29, 0.717) is 19.0 Å². The molecule has 8 heteroatoms. The van der Waals surface area contributed by atoms with E-state index in [-0.39, 0.29) is 24.2 Å². The molecule has 1 aromatic carbocycles. The molecule has 1 aromatic heterocycles. The van der Waals surface area contributed by atoms with Crippen molar-refractivity contribution in [3.8, 4) is 0 Å². The fourth-order valence-corrected chi connectivity index (χ4v) is 2.33. The Bertz CT molecular complexity index is 619. The maximum atomic E-state index is 11.9. The first-order valence-electron chi connectivity index (χ1n) is 6.68. The summed E-state index contributed by atoms with van der Waals surface area (Å²) in [6.07, 6.45) is 1.61. The van der Waals surface area contributed by atoms with E-state index in [1.54, 1.807) is 11.0 Å². The SMILES string of the molecule is CNCC(C)C(=O)Nc1ncn(Cc2cccc(Br)c2)n1.Cl. The third-order valence-corrected chi connectivity index (χ3v) is 3.46. The Morgan fingerprint density at radius 1 is 1.45 bits per heavy atom. The summed E-state index contributed by atoms with van der Waals surface area (Å²) in [5, 5.41) is 9.93. The Labute approximate surface area is 144 Å². The van der Waals surface area contributed by atoms with E-state index in [2.05, 4.69) is 36.6 Å². The zero-order valence-electron chi connectivity index (χ0n) is 12.4. The summed E-state index contributed by atoms with van der Waals surface area (Å²) >= 11 is 3.44. The monoisotopic (exact) mass is 387 g/mol. The first-order chi connectivity index (χ1) is 10.1. The molecule has 0 saturated heterocycles. The standard InChI is InChI=1S/C14H18BrN5O.ClH/c1-10(7-16-2)13(21)18-14-17-9-20(19-14)8-11-4-3-5-12(15)6-11;/h3-6,9-10,16H,7-8H2,1-2H3,(H,18,19,21);1H. The predicted molar refractivity (Wildman–Crippen MR) is 92.2 cm³/mol. The Balaban J connectivity index is 0.00000242. The number of nitrogens with one attached hydrogen (secondary N) is 2. The van der Waals surface area contributed by atoms with E-state index < -0.39 is 0 Å². The van der Waals surface area contributed by atoms with E-state index in [0.717, 1.165) is 10.0 Å². The Hall–Kier alpha value is -1.44. The molecule has 2 aromatic rings. The van der Waals surface area contributed by atoms with Crippen LogP contribution in [0.5, 0.6) is 0 Å². The first-order valence-corrected chi connectivity index (χ1v) is 7.47. The molecule has 1 unspecified atom stereocenters. The Morgan fingerprint density at radius 2 is 2.23 bits per heavy atom. The number of hydrogen-bond acceptors (Lipinski definition) is 4. The second-order valence-electron chi connectivity index (χ2n) is 4.84. The average Bonchev–Trinajstić information content (AvgIpc) is 2.86. The Kier molecular flexibility index (Phi) is 7.50. The van der Waals surface area contributed by atoms with Crippen molar-refractivity contribution in [1.29, 1.82) is 0 Å². The second kappa shape index (κ2) is 8.87. The number of anilines is 1. The molecule has 2 rings (SSSR count). The molecule has 0 spiro atoms. The molecule has 0 radical (unpaired) electrons. The fraction of sp³-hybridized carbons (Fsp3) is 0.357. The number of rotatable bonds is 6. The molecule has 120 valence electrons. The second-order valence-corrected chi connectivity index (χ2v) is 5.76. The molecule has 0 saturated carbocycles. The van der Waals surface area contributed by atoms with Crippen LogP contribution in [0.15, 0.2) is 35.1 Å². The highest BCUT2D eigenvalue weighted by atomic mass is 79.9. The van der Waals surface area contributed by atoms with Crippen molar-refractivity contribution in [1.82, 2.24) is 20.1 Å². The lowest BCUT2D eigenvalue weighted by molar-refractivity contribution is -0.119. The van der Waals surface area contributed by atoms with Gasteiger partial charge in [-0.2, -0.15) is 0 Å². The molecule has 1 heterocycles. The van der Waals surface area contributed by atoms with Gasteiger partial charge in [0, 0.05) is 16.9 Å². The molecule has 0 aliphatic heterocycles. The summed E-state index contributed by atoms with van der Waals surface area (Å²) in [6.45, 7) is 3.07. The van der Waals surface area contributed by atoms with Gasteiger partial charge in [0.2, 0.25) is 11.9 Å². The summed E-state index contributed by atoms with van der Waals surface area (Å²) in [6, 6.07) is 7.98. The van der Waals surface area contributed by atoms with Gasteiger partial charge >= 0.3 is 0 Å². The lowest BCUT2D eigenvalue weighted by atomic mass is 10.2. The van der Waals surface area contributed by atoms with Gasteiger partial charge < -0.3 is 5.32 Å². The van der Waals surface area contributed by atoms with E-state index in [1.807, 2.05) is 38.2 Å². The number of nitrogens with zero attached hydrogens (tertiary/aromatic N) is 3. The topological polar surface area (TPSA) is 71.8 Å². The molecule has 1 atom stereocenters. The van der Waals surface area contributed by atoms with Gasteiger partial charge in [-0.3, -0.25) is 10.1 Å². The summed E-state index contributed by atoms with van der Waals surface area (Å²) < 4.78 is 2.72. The third kappa shape index (κ3) is 5.40. The third-order valence-electron chi connectivity index (χ3n) is 2.96. The minimum Gasteiger partial charge on any atom is -0.319 e. The predicted octanol–water partition coefficient (Wildman–Crippen LogP) is 2.30. The van der Waals surface area contributed by atoms with Crippen molar-refractivity contribution in [3.63, 3.8) is 0 Å². The van der Waals surface area contributed by atoms with Gasteiger partial charge in [-0.25, -0.2) is 9.67 Å². The van der Waals surface area contributed by atoms with Gasteiger partial charge in [0.1, 0.15) is 6.33 Å². The van der Waals surface area contributed by atoms with Crippen molar-refractivity contribution >= 4 is 40.2 Å². The zero-order chi connectivity index (χ0) is 15.2. The van der Waals surface area contributed by atoms with Gasteiger partial charge in [0.15, 0.2) is 0 Å². The highest BCUT2D eigenvalue weighted by molar-refractivity contribution is 9.10. The van der Waals surface area contributed by atoms with Gasteiger partial charge in [-0.05, 0) is 24.7 Å². The van der Waals surface area contributed by atoms with Crippen LogP contribution >= 0.6 is 28.3 Å².